The standard InChI is InChI=1S/C8H16N2O/c1-6-4-5-7(9-6)8(11)10(2)3/h6-7,9H,4-5H2,1-3H3/t6-,7-/m0/s1. The summed E-state index contributed by atoms with van der Waals surface area (Å²) in [4.78, 5) is 13.0. The van der Waals surface area contributed by atoms with Crippen LogP contribution in [0.1, 0.15) is 19.8 Å². The van der Waals surface area contributed by atoms with Gasteiger partial charge in [0.1, 0.15) is 0 Å². The molecule has 0 spiro atoms. The van der Waals surface area contributed by atoms with Gasteiger partial charge in [0, 0.05) is 20.1 Å². The number of hydrogen-bond donors (Lipinski definition) is 1. The SMILES string of the molecule is C[C@H]1CC[C@@H](C(=O)N(C)C)N1. The lowest BCUT2D eigenvalue weighted by Crippen LogP contribution is -2.41. The van der Waals surface area contributed by atoms with Crippen LogP contribution in [0.2, 0.25) is 0 Å². The van der Waals surface area contributed by atoms with Gasteiger partial charge in [0.05, 0.1) is 6.04 Å². The summed E-state index contributed by atoms with van der Waals surface area (Å²) in [5, 5.41) is 3.24. The molecule has 1 rings (SSSR count). The molecule has 1 aliphatic heterocycles. The van der Waals surface area contributed by atoms with Crippen molar-refractivity contribution in [2.75, 3.05) is 14.1 Å². The second-order valence-corrected chi connectivity index (χ2v) is 3.43. The lowest BCUT2D eigenvalue weighted by Gasteiger charge is -2.16. The van der Waals surface area contributed by atoms with Crippen LogP contribution in [0, 0.1) is 0 Å². The molecule has 0 unspecified atom stereocenters. The molecule has 3 heteroatoms. The normalized spacial score (nSPS) is 30.5. The summed E-state index contributed by atoms with van der Waals surface area (Å²) in [6.45, 7) is 2.11. The first kappa shape index (κ1) is 8.53. The van der Waals surface area contributed by atoms with Gasteiger partial charge in [-0.15, -0.1) is 0 Å². The summed E-state index contributed by atoms with van der Waals surface area (Å²) in [6.07, 6.45) is 2.10. The van der Waals surface area contributed by atoms with Crippen molar-refractivity contribution in [1.82, 2.24) is 10.2 Å². The highest BCUT2D eigenvalue weighted by Crippen LogP contribution is 2.12. The fraction of sp³-hybridized carbons (Fsp3) is 0.875. The van der Waals surface area contributed by atoms with Crippen LogP contribution in [0.4, 0.5) is 0 Å². The Morgan fingerprint density at radius 2 is 2.09 bits per heavy atom. The maximum Gasteiger partial charge on any atom is 0.239 e. The predicted molar refractivity (Wildman–Crippen MR) is 44.3 cm³/mol. The van der Waals surface area contributed by atoms with Crippen molar-refractivity contribution < 1.29 is 4.79 Å². The summed E-state index contributed by atoms with van der Waals surface area (Å²) >= 11 is 0. The van der Waals surface area contributed by atoms with E-state index in [4.69, 9.17) is 0 Å². The van der Waals surface area contributed by atoms with Crippen molar-refractivity contribution in [3.8, 4) is 0 Å². The van der Waals surface area contributed by atoms with Crippen molar-refractivity contribution >= 4 is 5.91 Å². The minimum Gasteiger partial charge on any atom is -0.347 e. The van der Waals surface area contributed by atoms with E-state index >= 15 is 0 Å². The molecule has 1 amide bonds. The van der Waals surface area contributed by atoms with Crippen LogP contribution < -0.4 is 5.32 Å². The summed E-state index contributed by atoms with van der Waals surface area (Å²) in [6, 6.07) is 0.573. The zero-order valence-electron chi connectivity index (χ0n) is 7.42. The second-order valence-electron chi connectivity index (χ2n) is 3.43. The highest BCUT2D eigenvalue weighted by molar-refractivity contribution is 5.81. The molecule has 1 saturated heterocycles. The molecule has 64 valence electrons. The summed E-state index contributed by atoms with van der Waals surface area (Å²) in [5.74, 6) is 0.203. The maximum absolute atomic E-state index is 11.4. The molecule has 0 aromatic carbocycles. The fourth-order valence-electron chi connectivity index (χ4n) is 1.43. The molecule has 1 heterocycles. The number of nitrogens with zero attached hydrogens (tertiary/aromatic N) is 1. The number of likely N-dealkylation sites (N-methyl/N-ethyl adjacent to an activating group) is 1. The molecule has 0 bridgehead atoms. The van der Waals surface area contributed by atoms with Gasteiger partial charge in [-0.25, -0.2) is 0 Å². The monoisotopic (exact) mass is 156 g/mol. The molecular formula is C8H16N2O. The van der Waals surface area contributed by atoms with E-state index in [2.05, 4.69) is 12.2 Å². The van der Waals surface area contributed by atoms with E-state index in [1.807, 2.05) is 0 Å². The number of rotatable bonds is 1. The predicted octanol–water partition coefficient (Wildman–Crippen LogP) is 0.215. The zero-order chi connectivity index (χ0) is 8.43. The average Bonchev–Trinajstić information content (AvgIpc) is 2.34. The molecule has 0 aromatic rings. The van der Waals surface area contributed by atoms with E-state index in [1.165, 1.54) is 0 Å². The van der Waals surface area contributed by atoms with Crippen LogP contribution in [0.5, 0.6) is 0 Å². The molecule has 0 aromatic heterocycles. The van der Waals surface area contributed by atoms with E-state index in [0.717, 1.165) is 12.8 Å². The van der Waals surface area contributed by atoms with E-state index in [0.29, 0.717) is 6.04 Å². The molecule has 3 nitrogen and oxygen atoms in total. The molecule has 2 atom stereocenters. The van der Waals surface area contributed by atoms with Crippen LogP contribution in [0.25, 0.3) is 0 Å². The van der Waals surface area contributed by atoms with Crippen LogP contribution in [0.3, 0.4) is 0 Å². The molecule has 1 aliphatic rings. The number of carbonyl (C=O) groups excluding carboxylic acids is 1. The van der Waals surface area contributed by atoms with Crippen molar-refractivity contribution in [2.24, 2.45) is 0 Å². The lowest BCUT2D eigenvalue weighted by atomic mass is 10.2. The lowest BCUT2D eigenvalue weighted by molar-refractivity contribution is -0.130. The minimum absolute atomic E-state index is 0.0694. The Morgan fingerprint density at radius 1 is 1.45 bits per heavy atom. The van der Waals surface area contributed by atoms with Gasteiger partial charge in [-0.3, -0.25) is 4.79 Å². The molecule has 1 fully saturated rings. The molecule has 0 saturated carbocycles. The Bertz CT molecular complexity index is 156. The van der Waals surface area contributed by atoms with Gasteiger partial charge >= 0.3 is 0 Å². The fourth-order valence-corrected chi connectivity index (χ4v) is 1.43. The Kier molecular flexibility index (Phi) is 2.49. The van der Waals surface area contributed by atoms with Crippen molar-refractivity contribution in [3.63, 3.8) is 0 Å². The Labute approximate surface area is 67.8 Å². The van der Waals surface area contributed by atoms with Crippen molar-refractivity contribution in [1.29, 1.82) is 0 Å². The Hall–Kier alpha value is -0.570. The minimum atomic E-state index is 0.0694. The Morgan fingerprint density at radius 3 is 2.45 bits per heavy atom. The second kappa shape index (κ2) is 3.22. The number of carbonyl (C=O) groups is 1. The largest absolute Gasteiger partial charge is 0.347 e. The maximum atomic E-state index is 11.4. The first-order chi connectivity index (χ1) is 5.11. The van der Waals surface area contributed by atoms with Gasteiger partial charge in [-0.05, 0) is 19.8 Å². The first-order valence-electron chi connectivity index (χ1n) is 4.08. The summed E-state index contributed by atoms with van der Waals surface area (Å²) in [7, 11) is 3.60. The average molecular weight is 156 g/mol. The third-order valence-corrected chi connectivity index (χ3v) is 2.11. The van der Waals surface area contributed by atoms with Gasteiger partial charge in [-0.2, -0.15) is 0 Å². The highest BCUT2D eigenvalue weighted by Gasteiger charge is 2.27. The zero-order valence-corrected chi connectivity index (χ0v) is 7.42. The molecular weight excluding hydrogens is 140 g/mol. The summed E-state index contributed by atoms with van der Waals surface area (Å²) in [5.41, 5.74) is 0. The van der Waals surface area contributed by atoms with Gasteiger partial charge < -0.3 is 10.2 Å². The van der Waals surface area contributed by atoms with Gasteiger partial charge in [0.2, 0.25) is 5.91 Å². The quantitative estimate of drug-likeness (QED) is 0.589. The van der Waals surface area contributed by atoms with Crippen LogP contribution in [0.15, 0.2) is 0 Å². The van der Waals surface area contributed by atoms with Crippen LogP contribution in [-0.4, -0.2) is 37.0 Å². The van der Waals surface area contributed by atoms with Crippen molar-refractivity contribution in [3.05, 3.63) is 0 Å². The number of amides is 1. The molecule has 0 radical (unpaired) electrons. The molecule has 1 N–H and O–H groups in total. The Balaban J connectivity index is 2.43. The third-order valence-electron chi connectivity index (χ3n) is 2.11. The van der Waals surface area contributed by atoms with Crippen LogP contribution in [-0.2, 0) is 4.79 Å². The van der Waals surface area contributed by atoms with E-state index < -0.39 is 0 Å². The highest BCUT2D eigenvalue weighted by atomic mass is 16.2. The molecule has 11 heavy (non-hydrogen) atoms. The van der Waals surface area contributed by atoms with Crippen molar-refractivity contribution in [2.45, 2.75) is 31.8 Å². The topological polar surface area (TPSA) is 32.3 Å². The molecule has 0 aliphatic carbocycles. The number of hydrogen-bond acceptors (Lipinski definition) is 2. The van der Waals surface area contributed by atoms with Gasteiger partial charge in [0.25, 0.3) is 0 Å². The van der Waals surface area contributed by atoms with E-state index in [-0.39, 0.29) is 11.9 Å². The van der Waals surface area contributed by atoms with E-state index in [1.54, 1.807) is 19.0 Å². The smallest absolute Gasteiger partial charge is 0.239 e. The summed E-state index contributed by atoms with van der Waals surface area (Å²) < 4.78 is 0. The van der Waals surface area contributed by atoms with Crippen LogP contribution >= 0.6 is 0 Å². The number of nitrogens with one attached hydrogen (secondary N) is 1. The van der Waals surface area contributed by atoms with Gasteiger partial charge in [-0.1, -0.05) is 0 Å². The van der Waals surface area contributed by atoms with E-state index in [9.17, 15) is 4.79 Å². The third kappa shape index (κ3) is 1.93. The first-order valence-corrected chi connectivity index (χ1v) is 4.08. The van der Waals surface area contributed by atoms with Gasteiger partial charge in [0.15, 0.2) is 0 Å².